The third-order valence-corrected chi connectivity index (χ3v) is 5.22. The zero-order valence-corrected chi connectivity index (χ0v) is 13.6. The summed E-state index contributed by atoms with van der Waals surface area (Å²) in [6.45, 7) is 7.62. The van der Waals surface area contributed by atoms with Crippen molar-refractivity contribution in [3.05, 3.63) is 52.0 Å². The second-order valence-electron chi connectivity index (χ2n) is 5.93. The Morgan fingerprint density at radius 1 is 1.33 bits per heavy atom. The van der Waals surface area contributed by atoms with Gasteiger partial charge >= 0.3 is 0 Å². The second-order valence-corrected chi connectivity index (χ2v) is 6.87. The van der Waals surface area contributed by atoms with Gasteiger partial charge in [-0.15, -0.1) is 11.3 Å². The van der Waals surface area contributed by atoms with Crippen LogP contribution >= 0.6 is 11.3 Å². The number of nitrogens with one attached hydrogen (secondary N) is 1. The van der Waals surface area contributed by atoms with Crippen LogP contribution in [-0.2, 0) is 13.0 Å². The lowest BCUT2D eigenvalue weighted by atomic mass is 10.0. The van der Waals surface area contributed by atoms with E-state index in [4.69, 9.17) is 0 Å². The van der Waals surface area contributed by atoms with E-state index in [2.05, 4.69) is 59.4 Å². The summed E-state index contributed by atoms with van der Waals surface area (Å²) in [4.78, 5) is 8.36. The summed E-state index contributed by atoms with van der Waals surface area (Å²) in [5.74, 6) is 0. The molecule has 21 heavy (non-hydrogen) atoms. The van der Waals surface area contributed by atoms with Crippen molar-refractivity contribution >= 4 is 11.3 Å². The summed E-state index contributed by atoms with van der Waals surface area (Å²) in [6.07, 6.45) is 1.10. The molecule has 1 aromatic heterocycles. The third kappa shape index (κ3) is 3.70. The molecule has 0 radical (unpaired) electrons. The molecular formula is C17H23N3S. The lowest BCUT2D eigenvalue weighted by Gasteiger charge is -2.38. The van der Waals surface area contributed by atoms with Gasteiger partial charge in [-0.05, 0) is 25.8 Å². The summed E-state index contributed by atoms with van der Waals surface area (Å²) in [7, 11) is 0. The molecular weight excluding hydrogens is 278 g/mol. The molecule has 3 nitrogen and oxygen atoms in total. The molecule has 112 valence electrons. The minimum Gasteiger partial charge on any atom is -0.311 e. The number of piperazine rings is 1. The Hall–Kier alpha value is -1.23. The molecule has 1 saturated heterocycles. The highest BCUT2D eigenvalue weighted by Gasteiger charge is 2.25. The molecule has 2 heterocycles. The molecule has 1 aliphatic rings. The van der Waals surface area contributed by atoms with Crippen molar-refractivity contribution < 1.29 is 0 Å². The van der Waals surface area contributed by atoms with E-state index in [0.29, 0.717) is 12.1 Å². The van der Waals surface area contributed by atoms with Crippen molar-refractivity contribution in [1.82, 2.24) is 15.2 Å². The van der Waals surface area contributed by atoms with Crippen molar-refractivity contribution in [2.75, 3.05) is 13.1 Å². The lowest BCUT2D eigenvalue weighted by molar-refractivity contribution is 0.134. The number of thiazole rings is 1. The van der Waals surface area contributed by atoms with E-state index in [9.17, 15) is 0 Å². The average Bonchev–Trinajstić information content (AvgIpc) is 2.89. The maximum absolute atomic E-state index is 4.37. The first kappa shape index (κ1) is 14.7. The van der Waals surface area contributed by atoms with Crippen LogP contribution < -0.4 is 5.32 Å². The summed E-state index contributed by atoms with van der Waals surface area (Å²) in [6, 6.07) is 11.9. The average molecular weight is 301 g/mol. The van der Waals surface area contributed by atoms with Crippen LogP contribution in [-0.4, -0.2) is 35.1 Å². The minimum atomic E-state index is 0.539. The predicted molar refractivity (Wildman–Crippen MR) is 88.7 cm³/mol. The van der Waals surface area contributed by atoms with E-state index < -0.39 is 0 Å². The van der Waals surface area contributed by atoms with Gasteiger partial charge in [-0.2, -0.15) is 0 Å². The Morgan fingerprint density at radius 3 is 2.86 bits per heavy atom. The highest BCUT2D eigenvalue weighted by Crippen LogP contribution is 2.19. The van der Waals surface area contributed by atoms with Crippen molar-refractivity contribution in [1.29, 1.82) is 0 Å². The normalized spacial score (nSPS) is 23.3. The van der Waals surface area contributed by atoms with Crippen LogP contribution in [0.25, 0.3) is 0 Å². The molecule has 0 bridgehead atoms. The summed E-state index contributed by atoms with van der Waals surface area (Å²) < 4.78 is 0. The number of nitrogens with zero attached hydrogens (tertiary/aromatic N) is 2. The first-order valence-electron chi connectivity index (χ1n) is 7.62. The minimum absolute atomic E-state index is 0.539. The number of benzene rings is 1. The number of hydrogen-bond donors (Lipinski definition) is 1. The molecule has 0 amide bonds. The lowest BCUT2D eigenvalue weighted by Crippen LogP contribution is -2.55. The van der Waals surface area contributed by atoms with Crippen LogP contribution in [0.3, 0.4) is 0 Å². The van der Waals surface area contributed by atoms with Crippen LogP contribution in [0.1, 0.15) is 23.1 Å². The molecule has 2 atom stereocenters. The Labute approximate surface area is 131 Å². The van der Waals surface area contributed by atoms with Crippen molar-refractivity contribution in [3.8, 4) is 0 Å². The monoisotopic (exact) mass is 301 g/mol. The fourth-order valence-electron chi connectivity index (χ4n) is 2.91. The van der Waals surface area contributed by atoms with Gasteiger partial charge in [-0.1, -0.05) is 30.3 Å². The number of hydrogen-bond acceptors (Lipinski definition) is 4. The molecule has 4 heteroatoms. The molecule has 2 aromatic rings. The Morgan fingerprint density at radius 2 is 2.14 bits per heavy atom. The smallest absolute Gasteiger partial charge is 0.0798 e. The van der Waals surface area contributed by atoms with E-state index in [0.717, 1.165) is 26.1 Å². The second kappa shape index (κ2) is 6.69. The maximum Gasteiger partial charge on any atom is 0.0798 e. The van der Waals surface area contributed by atoms with Crippen molar-refractivity contribution in [2.45, 2.75) is 38.9 Å². The van der Waals surface area contributed by atoms with Crippen LogP contribution in [0.4, 0.5) is 0 Å². The van der Waals surface area contributed by atoms with Crippen LogP contribution in [0.5, 0.6) is 0 Å². The molecule has 0 spiro atoms. The first-order valence-corrected chi connectivity index (χ1v) is 8.50. The fraction of sp³-hybridized carbons (Fsp3) is 0.471. The molecule has 1 aromatic carbocycles. The van der Waals surface area contributed by atoms with Gasteiger partial charge in [-0.25, -0.2) is 4.98 Å². The van der Waals surface area contributed by atoms with Gasteiger partial charge in [0, 0.05) is 36.6 Å². The van der Waals surface area contributed by atoms with Crippen LogP contribution in [0.15, 0.2) is 35.8 Å². The largest absolute Gasteiger partial charge is 0.311 e. The molecule has 0 saturated carbocycles. The number of aryl methyl sites for hydroxylation is 1. The highest BCUT2D eigenvalue weighted by molar-refractivity contribution is 7.09. The van der Waals surface area contributed by atoms with Gasteiger partial charge in [0.05, 0.1) is 11.2 Å². The van der Waals surface area contributed by atoms with Crippen LogP contribution in [0.2, 0.25) is 0 Å². The highest BCUT2D eigenvalue weighted by atomic mass is 32.1. The van der Waals surface area contributed by atoms with E-state index in [1.54, 1.807) is 11.3 Å². The Kier molecular flexibility index (Phi) is 4.68. The molecule has 1 N–H and O–H groups in total. The van der Waals surface area contributed by atoms with E-state index in [1.165, 1.54) is 16.1 Å². The van der Waals surface area contributed by atoms with E-state index >= 15 is 0 Å². The Bertz CT molecular complexity index is 566. The van der Waals surface area contributed by atoms with E-state index in [1.807, 2.05) is 5.51 Å². The topological polar surface area (TPSA) is 28.2 Å². The standard InChI is InChI=1S/C17H23N3S/c1-13-9-18-16(8-15-6-4-3-5-7-15)10-20(13)11-17-14(2)19-12-21-17/h3-7,12-13,16,18H,8-11H2,1-2H3. The zero-order chi connectivity index (χ0) is 14.7. The summed E-state index contributed by atoms with van der Waals surface area (Å²) in [5.41, 5.74) is 4.56. The first-order chi connectivity index (χ1) is 10.2. The molecule has 3 rings (SSSR count). The maximum atomic E-state index is 4.37. The van der Waals surface area contributed by atoms with Gasteiger partial charge in [0.15, 0.2) is 0 Å². The summed E-state index contributed by atoms with van der Waals surface area (Å²) in [5, 5.41) is 3.69. The number of rotatable bonds is 4. The van der Waals surface area contributed by atoms with E-state index in [-0.39, 0.29) is 0 Å². The quantitative estimate of drug-likeness (QED) is 0.941. The molecule has 1 aliphatic heterocycles. The third-order valence-electron chi connectivity index (χ3n) is 4.30. The SMILES string of the molecule is Cc1ncsc1CN1CC(Cc2ccccc2)NCC1C. The fourth-order valence-corrected chi connectivity index (χ4v) is 3.71. The van der Waals surface area contributed by atoms with Gasteiger partial charge in [0.2, 0.25) is 0 Å². The summed E-state index contributed by atoms with van der Waals surface area (Å²) >= 11 is 1.78. The van der Waals surface area contributed by atoms with Crippen LogP contribution in [0, 0.1) is 6.92 Å². The zero-order valence-electron chi connectivity index (χ0n) is 12.7. The van der Waals surface area contributed by atoms with Crippen molar-refractivity contribution in [2.24, 2.45) is 0 Å². The van der Waals surface area contributed by atoms with Gasteiger partial charge < -0.3 is 5.32 Å². The molecule has 2 unspecified atom stereocenters. The molecule has 1 fully saturated rings. The van der Waals surface area contributed by atoms with Gasteiger partial charge in [0.1, 0.15) is 0 Å². The van der Waals surface area contributed by atoms with Crippen molar-refractivity contribution in [3.63, 3.8) is 0 Å². The Balaban J connectivity index is 1.63. The van der Waals surface area contributed by atoms with Gasteiger partial charge in [0.25, 0.3) is 0 Å². The number of aromatic nitrogens is 1. The molecule has 0 aliphatic carbocycles. The predicted octanol–water partition coefficient (Wildman–Crippen LogP) is 2.86. The van der Waals surface area contributed by atoms with Gasteiger partial charge in [-0.3, -0.25) is 4.90 Å².